The molecule has 140 valence electrons. The highest BCUT2D eigenvalue weighted by molar-refractivity contribution is 6.30. The molecule has 0 saturated heterocycles. The molecular formula is C17H17ClF3N3O2. The van der Waals surface area contributed by atoms with Gasteiger partial charge in [-0.15, -0.1) is 0 Å². The first-order chi connectivity index (χ1) is 12.2. The van der Waals surface area contributed by atoms with Gasteiger partial charge in [-0.2, -0.15) is 18.3 Å². The molecule has 0 spiro atoms. The zero-order chi connectivity index (χ0) is 19.1. The summed E-state index contributed by atoms with van der Waals surface area (Å²) >= 11 is 5.86. The fourth-order valence-corrected chi connectivity index (χ4v) is 3.22. The standard InChI is InChI=1S/C17H17ClF3N3O2/c1-3-26-16(25)14-9(2)23-24-13(17(19,20)21)8-12(22-15(14)24)10-4-6-11(18)7-5-10/h4-7,12-13,22H,3,8H2,1-2H3/t12-,13+/m0/s1. The van der Waals surface area contributed by atoms with E-state index in [9.17, 15) is 18.0 Å². The highest BCUT2D eigenvalue weighted by Gasteiger charge is 2.48. The second kappa shape index (κ2) is 6.83. The molecule has 1 aliphatic rings. The Morgan fingerprint density at radius 2 is 2.04 bits per heavy atom. The number of aromatic nitrogens is 2. The molecule has 2 heterocycles. The molecule has 1 aromatic heterocycles. The summed E-state index contributed by atoms with van der Waals surface area (Å²) in [5, 5.41) is 7.47. The predicted octanol–water partition coefficient (Wildman–Crippen LogP) is 4.68. The molecule has 1 N–H and O–H groups in total. The number of aryl methyl sites for hydroxylation is 1. The molecular weight excluding hydrogens is 371 g/mol. The minimum absolute atomic E-state index is 0.0227. The van der Waals surface area contributed by atoms with E-state index in [0.717, 1.165) is 4.68 Å². The van der Waals surface area contributed by atoms with E-state index < -0.39 is 24.2 Å². The van der Waals surface area contributed by atoms with Crippen molar-refractivity contribution < 1.29 is 22.7 Å². The number of fused-ring (bicyclic) bond motifs is 1. The van der Waals surface area contributed by atoms with E-state index >= 15 is 0 Å². The number of anilines is 1. The van der Waals surface area contributed by atoms with Gasteiger partial charge in [-0.25, -0.2) is 9.48 Å². The van der Waals surface area contributed by atoms with Crippen LogP contribution in [0.4, 0.5) is 19.0 Å². The molecule has 0 radical (unpaired) electrons. The number of hydrogen-bond donors (Lipinski definition) is 1. The minimum atomic E-state index is -4.51. The van der Waals surface area contributed by atoms with Crippen LogP contribution in [0.3, 0.4) is 0 Å². The summed E-state index contributed by atoms with van der Waals surface area (Å²) in [6.07, 6.45) is -4.76. The van der Waals surface area contributed by atoms with Crippen molar-refractivity contribution in [1.29, 1.82) is 0 Å². The molecule has 0 fully saturated rings. The van der Waals surface area contributed by atoms with Gasteiger partial charge in [0.25, 0.3) is 0 Å². The maximum absolute atomic E-state index is 13.6. The zero-order valence-electron chi connectivity index (χ0n) is 14.1. The molecule has 0 amide bonds. The molecule has 2 aromatic rings. The molecule has 1 aliphatic heterocycles. The monoisotopic (exact) mass is 387 g/mol. The summed E-state index contributed by atoms with van der Waals surface area (Å²) in [4.78, 5) is 12.2. The number of alkyl halides is 3. The molecule has 26 heavy (non-hydrogen) atoms. The first-order valence-corrected chi connectivity index (χ1v) is 8.45. The lowest BCUT2D eigenvalue weighted by Gasteiger charge is -2.34. The van der Waals surface area contributed by atoms with Crippen LogP contribution in [0.5, 0.6) is 0 Å². The van der Waals surface area contributed by atoms with Crippen LogP contribution >= 0.6 is 11.6 Å². The number of carbonyl (C=O) groups excluding carboxylic acids is 1. The van der Waals surface area contributed by atoms with Gasteiger partial charge in [-0.3, -0.25) is 0 Å². The predicted molar refractivity (Wildman–Crippen MR) is 90.4 cm³/mol. The van der Waals surface area contributed by atoms with E-state index in [1.54, 1.807) is 31.2 Å². The fourth-order valence-electron chi connectivity index (χ4n) is 3.09. The number of halogens is 4. The third-order valence-corrected chi connectivity index (χ3v) is 4.53. The Kier molecular flexibility index (Phi) is 4.88. The highest BCUT2D eigenvalue weighted by atomic mass is 35.5. The Labute approximate surface area is 153 Å². The number of hydrogen-bond acceptors (Lipinski definition) is 4. The number of rotatable bonds is 3. The SMILES string of the molecule is CCOC(=O)c1c(C)nn2c1N[C@H](c1ccc(Cl)cc1)C[C@@H]2C(F)(F)F. The number of ether oxygens (including phenoxy) is 1. The van der Waals surface area contributed by atoms with Gasteiger partial charge >= 0.3 is 12.1 Å². The van der Waals surface area contributed by atoms with Gasteiger partial charge in [-0.1, -0.05) is 23.7 Å². The summed E-state index contributed by atoms with van der Waals surface area (Å²) in [6.45, 7) is 3.24. The van der Waals surface area contributed by atoms with Crippen LogP contribution in [-0.4, -0.2) is 28.5 Å². The average molecular weight is 388 g/mol. The summed E-state index contributed by atoms with van der Waals surface area (Å²) in [5.41, 5.74) is 0.861. The van der Waals surface area contributed by atoms with Crippen molar-refractivity contribution in [2.75, 3.05) is 11.9 Å². The molecule has 1 aromatic carbocycles. The van der Waals surface area contributed by atoms with E-state index in [4.69, 9.17) is 16.3 Å². The number of esters is 1. The molecule has 0 unspecified atom stereocenters. The van der Waals surface area contributed by atoms with Crippen molar-refractivity contribution in [1.82, 2.24) is 9.78 Å². The van der Waals surface area contributed by atoms with Crippen molar-refractivity contribution in [2.24, 2.45) is 0 Å². The smallest absolute Gasteiger partial charge is 0.410 e. The Hall–Kier alpha value is -2.22. The fraction of sp³-hybridized carbons (Fsp3) is 0.412. The lowest BCUT2D eigenvalue weighted by Crippen LogP contribution is -2.36. The van der Waals surface area contributed by atoms with Crippen molar-refractivity contribution in [3.8, 4) is 0 Å². The van der Waals surface area contributed by atoms with Crippen LogP contribution in [0.15, 0.2) is 24.3 Å². The van der Waals surface area contributed by atoms with Gasteiger partial charge in [0.2, 0.25) is 0 Å². The molecule has 5 nitrogen and oxygen atoms in total. The van der Waals surface area contributed by atoms with Crippen LogP contribution in [0.1, 0.15) is 47.0 Å². The van der Waals surface area contributed by atoms with Crippen molar-refractivity contribution >= 4 is 23.4 Å². The molecule has 0 aliphatic carbocycles. The highest BCUT2D eigenvalue weighted by Crippen LogP contribution is 2.45. The third-order valence-electron chi connectivity index (χ3n) is 4.28. The summed E-state index contributed by atoms with van der Waals surface area (Å²) in [5.74, 6) is -0.675. The number of carbonyl (C=O) groups is 1. The molecule has 2 atom stereocenters. The van der Waals surface area contributed by atoms with E-state index in [2.05, 4.69) is 10.4 Å². The Morgan fingerprint density at radius 1 is 1.38 bits per heavy atom. The van der Waals surface area contributed by atoms with Crippen LogP contribution in [0, 0.1) is 6.92 Å². The molecule has 0 bridgehead atoms. The van der Waals surface area contributed by atoms with Gasteiger partial charge < -0.3 is 10.1 Å². The molecule has 3 rings (SSSR count). The zero-order valence-corrected chi connectivity index (χ0v) is 14.9. The quantitative estimate of drug-likeness (QED) is 0.777. The van der Waals surface area contributed by atoms with Crippen LogP contribution in [-0.2, 0) is 4.74 Å². The lowest BCUT2D eigenvalue weighted by molar-refractivity contribution is -0.173. The molecule has 9 heteroatoms. The van der Waals surface area contributed by atoms with Gasteiger partial charge in [0, 0.05) is 11.4 Å². The van der Waals surface area contributed by atoms with Crippen LogP contribution in [0.2, 0.25) is 5.02 Å². The van der Waals surface area contributed by atoms with E-state index in [1.165, 1.54) is 6.92 Å². The second-order valence-corrected chi connectivity index (χ2v) is 6.45. The Balaban J connectivity index is 2.08. The first-order valence-electron chi connectivity index (χ1n) is 8.07. The maximum atomic E-state index is 13.6. The summed E-state index contributed by atoms with van der Waals surface area (Å²) in [7, 11) is 0. The summed E-state index contributed by atoms with van der Waals surface area (Å²) in [6, 6.07) is 4.07. The largest absolute Gasteiger partial charge is 0.462 e. The Morgan fingerprint density at radius 3 is 2.62 bits per heavy atom. The van der Waals surface area contributed by atoms with E-state index in [0.29, 0.717) is 10.6 Å². The van der Waals surface area contributed by atoms with E-state index in [-0.39, 0.29) is 30.1 Å². The van der Waals surface area contributed by atoms with Crippen LogP contribution < -0.4 is 5.32 Å². The van der Waals surface area contributed by atoms with Gasteiger partial charge in [0.1, 0.15) is 11.4 Å². The van der Waals surface area contributed by atoms with Gasteiger partial charge in [-0.05, 0) is 31.5 Å². The minimum Gasteiger partial charge on any atom is -0.462 e. The number of benzene rings is 1. The average Bonchev–Trinajstić information content (AvgIpc) is 2.89. The van der Waals surface area contributed by atoms with Crippen molar-refractivity contribution in [2.45, 2.75) is 38.5 Å². The Bertz CT molecular complexity index is 818. The molecule has 0 saturated carbocycles. The maximum Gasteiger partial charge on any atom is 0.410 e. The van der Waals surface area contributed by atoms with Crippen molar-refractivity contribution in [3.05, 3.63) is 46.1 Å². The van der Waals surface area contributed by atoms with Crippen LogP contribution in [0.25, 0.3) is 0 Å². The van der Waals surface area contributed by atoms with E-state index in [1.807, 2.05) is 0 Å². The van der Waals surface area contributed by atoms with Gasteiger partial charge in [0.05, 0.1) is 18.3 Å². The second-order valence-electron chi connectivity index (χ2n) is 6.02. The normalized spacial score (nSPS) is 19.6. The first kappa shape index (κ1) is 18.6. The number of nitrogens with one attached hydrogen (secondary N) is 1. The van der Waals surface area contributed by atoms with Gasteiger partial charge in [0.15, 0.2) is 6.04 Å². The third kappa shape index (κ3) is 3.38. The number of nitrogens with zero attached hydrogens (tertiary/aromatic N) is 2. The van der Waals surface area contributed by atoms with Crippen molar-refractivity contribution in [3.63, 3.8) is 0 Å². The summed E-state index contributed by atoms with van der Waals surface area (Å²) < 4.78 is 46.7. The topological polar surface area (TPSA) is 56.1 Å². The lowest BCUT2D eigenvalue weighted by atomic mass is 9.96.